The minimum atomic E-state index is -0.167. The molecule has 2 aromatic carbocycles. The lowest BCUT2D eigenvalue weighted by molar-refractivity contribution is 0.102. The highest BCUT2D eigenvalue weighted by Crippen LogP contribution is 2.21. The van der Waals surface area contributed by atoms with Crippen LogP contribution >= 0.6 is 38.5 Å². The van der Waals surface area contributed by atoms with Gasteiger partial charge in [-0.25, -0.2) is 0 Å². The SMILES string of the molecule is C#Cc1cccc(NC(=O)c2cc(I)ccc2Br)c1. The molecular weight excluding hydrogens is 417 g/mol. The Labute approximate surface area is 133 Å². The molecule has 0 saturated carbocycles. The van der Waals surface area contributed by atoms with Crippen LogP contribution in [0, 0.1) is 15.9 Å². The Morgan fingerprint density at radius 3 is 2.79 bits per heavy atom. The van der Waals surface area contributed by atoms with E-state index in [2.05, 4.69) is 49.8 Å². The van der Waals surface area contributed by atoms with Gasteiger partial charge < -0.3 is 5.32 Å². The van der Waals surface area contributed by atoms with E-state index in [-0.39, 0.29) is 5.91 Å². The molecule has 0 heterocycles. The van der Waals surface area contributed by atoms with Gasteiger partial charge in [0, 0.05) is 19.3 Å². The number of amides is 1. The first kappa shape index (κ1) is 14.1. The van der Waals surface area contributed by atoms with Crippen LogP contribution in [0.3, 0.4) is 0 Å². The van der Waals surface area contributed by atoms with Crippen LogP contribution in [0.4, 0.5) is 5.69 Å². The average molecular weight is 426 g/mol. The van der Waals surface area contributed by atoms with Gasteiger partial charge >= 0.3 is 0 Å². The van der Waals surface area contributed by atoms with Crippen molar-refractivity contribution in [3.63, 3.8) is 0 Å². The Morgan fingerprint density at radius 2 is 2.05 bits per heavy atom. The van der Waals surface area contributed by atoms with Crippen LogP contribution in [-0.4, -0.2) is 5.91 Å². The number of terminal acetylenes is 1. The Morgan fingerprint density at radius 1 is 1.26 bits per heavy atom. The molecule has 0 bridgehead atoms. The van der Waals surface area contributed by atoms with E-state index in [1.807, 2.05) is 30.3 Å². The molecule has 94 valence electrons. The minimum absolute atomic E-state index is 0.167. The predicted molar refractivity (Wildman–Crippen MR) is 89.2 cm³/mol. The third-order valence-corrected chi connectivity index (χ3v) is 3.82. The first-order valence-electron chi connectivity index (χ1n) is 5.43. The number of hydrogen-bond donors (Lipinski definition) is 1. The van der Waals surface area contributed by atoms with E-state index in [0.717, 1.165) is 13.6 Å². The Kier molecular flexibility index (Phi) is 4.61. The van der Waals surface area contributed by atoms with E-state index in [1.165, 1.54) is 0 Å². The number of nitrogens with one attached hydrogen (secondary N) is 1. The highest BCUT2D eigenvalue weighted by atomic mass is 127. The second kappa shape index (κ2) is 6.22. The lowest BCUT2D eigenvalue weighted by Gasteiger charge is -2.07. The third kappa shape index (κ3) is 3.58. The van der Waals surface area contributed by atoms with Crippen molar-refractivity contribution in [1.82, 2.24) is 0 Å². The predicted octanol–water partition coefficient (Wildman–Crippen LogP) is 4.29. The molecule has 0 aliphatic rings. The Bertz CT molecular complexity index is 676. The molecule has 0 aliphatic heterocycles. The van der Waals surface area contributed by atoms with E-state index < -0.39 is 0 Å². The second-order valence-corrected chi connectivity index (χ2v) is 5.90. The molecule has 0 aromatic heterocycles. The molecule has 0 spiro atoms. The average Bonchev–Trinajstić information content (AvgIpc) is 2.41. The number of anilines is 1. The highest BCUT2D eigenvalue weighted by molar-refractivity contribution is 14.1. The van der Waals surface area contributed by atoms with Crippen molar-refractivity contribution >= 4 is 50.1 Å². The largest absolute Gasteiger partial charge is 0.322 e. The summed E-state index contributed by atoms with van der Waals surface area (Å²) in [4.78, 5) is 12.2. The van der Waals surface area contributed by atoms with Crippen molar-refractivity contribution < 1.29 is 4.79 Å². The summed E-state index contributed by atoms with van der Waals surface area (Å²) >= 11 is 5.55. The Balaban J connectivity index is 2.26. The zero-order chi connectivity index (χ0) is 13.8. The first-order chi connectivity index (χ1) is 9.10. The molecule has 0 fully saturated rings. The molecule has 19 heavy (non-hydrogen) atoms. The van der Waals surface area contributed by atoms with Gasteiger partial charge in [-0.2, -0.15) is 0 Å². The van der Waals surface area contributed by atoms with Crippen molar-refractivity contribution in [3.8, 4) is 12.3 Å². The van der Waals surface area contributed by atoms with Crippen LogP contribution < -0.4 is 5.32 Å². The molecule has 1 amide bonds. The highest BCUT2D eigenvalue weighted by Gasteiger charge is 2.10. The monoisotopic (exact) mass is 425 g/mol. The summed E-state index contributed by atoms with van der Waals surface area (Å²) in [6.45, 7) is 0. The van der Waals surface area contributed by atoms with Crippen molar-refractivity contribution in [2.24, 2.45) is 0 Å². The van der Waals surface area contributed by atoms with Crippen LogP contribution in [0.25, 0.3) is 0 Å². The Hall–Kier alpha value is -1.32. The van der Waals surface area contributed by atoms with Crippen LogP contribution in [0.2, 0.25) is 0 Å². The molecule has 0 atom stereocenters. The summed E-state index contributed by atoms with van der Waals surface area (Å²) in [5.41, 5.74) is 2.02. The van der Waals surface area contributed by atoms with Crippen molar-refractivity contribution in [3.05, 3.63) is 61.6 Å². The summed E-state index contributed by atoms with van der Waals surface area (Å²) in [5.74, 6) is 2.37. The van der Waals surface area contributed by atoms with E-state index in [9.17, 15) is 4.79 Å². The standard InChI is InChI=1S/C15H9BrINO/c1-2-10-4-3-5-12(8-10)18-15(19)13-9-11(17)6-7-14(13)16/h1,3-9H,(H,18,19). The van der Waals surface area contributed by atoms with Crippen molar-refractivity contribution in [2.45, 2.75) is 0 Å². The fraction of sp³-hybridized carbons (Fsp3) is 0. The zero-order valence-electron chi connectivity index (χ0n) is 9.78. The summed E-state index contributed by atoms with van der Waals surface area (Å²) in [6.07, 6.45) is 5.33. The number of rotatable bonds is 2. The second-order valence-electron chi connectivity index (χ2n) is 3.80. The molecule has 4 heteroatoms. The van der Waals surface area contributed by atoms with Gasteiger partial charge in [-0.3, -0.25) is 4.79 Å². The summed E-state index contributed by atoms with van der Waals surface area (Å²) in [7, 11) is 0. The van der Waals surface area contributed by atoms with Gasteiger partial charge in [0.25, 0.3) is 5.91 Å². The summed E-state index contributed by atoms with van der Waals surface area (Å²) < 4.78 is 1.77. The maximum Gasteiger partial charge on any atom is 0.256 e. The zero-order valence-corrected chi connectivity index (χ0v) is 13.5. The van der Waals surface area contributed by atoms with Gasteiger partial charge in [0.2, 0.25) is 0 Å². The molecule has 2 nitrogen and oxygen atoms in total. The molecule has 0 aliphatic carbocycles. The van der Waals surface area contributed by atoms with Crippen LogP contribution in [-0.2, 0) is 0 Å². The summed E-state index contributed by atoms with van der Waals surface area (Å²) in [5, 5.41) is 2.83. The van der Waals surface area contributed by atoms with Crippen molar-refractivity contribution in [1.29, 1.82) is 0 Å². The molecular formula is C15H9BrINO. The fourth-order valence-corrected chi connectivity index (χ4v) is 2.47. The van der Waals surface area contributed by atoms with Gasteiger partial charge in [-0.15, -0.1) is 6.42 Å². The summed E-state index contributed by atoms with van der Waals surface area (Å²) in [6, 6.07) is 12.8. The normalized spacial score (nSPS) is 9.74. The van der Waals surface area contributed by atoms with Gasteiger partial charge in [0.1, 0.15) is 0 Å². The van der Waals surface area contributed by atoms with Gasteiger partial charge in [-0.1, -0.05) is 12.0 Å². The van der Waals surface area contributed by atoms with Crippen LogP contribution in [0.5, 0.6) is 0 Å². The van der Waals surface area contributed by atoms with Crippen LogP contribution in [0.1, 0.15) is 15.9 Å². The van der Waals surface area contributed by atoms with Gasteiger partial charge in [0.15, 0.2) is 0 Å². The maximum atomic E-state index is 12.2. The number of hydrogen-bond acceptors (Lipinski definition) is 1. The molecule has 0 radical (unpaired) electrons. The lowest BCUT2D eigenvalue weighted by atomic mass is 10.2. The van der Waals surface area contributed by atoms with E-state index in [0.29, 0.717) is 11.3 Å². The number of benzene rings is 2. The third-order valence-electron chi connectivity index (χ3n) is 2.46. The molecule has 0 saturated heterocycles. The quantitative estimate of drug-likeness (QED) is 0.564. The maximum absolute atomic E-state index is 12.2. The topological polar surface area (TPSA) is 29.1 Å². The molecule has 1 N–H and O–H groups in total. The fourth-order valence-electron chi connectivity index (χ4n) is 1.56. The van der Waals surface area contributed by atoms with Crippen molar-refractivity contribution in [2.75, 3.05) is 5.32 Å². The van der Waals surface area contributed by atoms with E-state index in [1.54, 1.807) is 12.1 Å². The first-order valence-corrected chi connectivity index (χ1v) is 7.30. The number of halogens is 2. The number of carbonyl (C=O) groups is 1. The molecule has 2 rings (SSSR count). The van der Waals surface area contributed by atoms with Crippen LogP contribution in [0.15, 0.2) is 46.9 Å². The molecule has 2 aromatic rings. The van der Waals surface area contributed by atoms with E-state index >= 15 is 0 Å². The lowest BCUT2D eigenvalue weighted by Crippen LogP contribution is -2.12. The number of carbonyl (C=O) groups excluding carboxylic acids is 1. The van der Waals surface area contributed by atoms with E-state index in [4.69, 9.17) is 6.42 Å². The minimum Gasteiger partial charge on any atom is -0.322 e. The molecule has 0 unspecified atom stereocenters. The van der Waals surface area contributed by atoms with Gasteiger partial charge in [-0.05, 0) is 74.9 Å². The smallest absolute Gasteiger partial charge is 0.256 e. The van der Waals surface area contributed by atoms with Gasteiger partial charge in [0.05, 0.1) is 5.56 Å².